The molecule has 0 unspecified atom stereocenters. The number of fused-ring (bicyclic) bond motifs is 2. The van der Waals surface area contributed by atoms with Gasteiger partial charge in [0.1, 0.15) is 0 Å². The highest BCUT2D eigenvalue weighted by Crippen LogP contribution is 2.19. The van der Waals surface area contributed by atoms with Crippen LogP contribution in [0, 0.1) is 0 Å². The van der Waals surface area contributed by atoms with Crippen molar-refractivity contribution in [3.05, 3.63) is 131 Å². The van der Waals surface area contributed by atoms with Crippen molar-refractivity contribution in [1.29, 1.82) is 0 Å². The zero-order chi connectivity index (χ0) is 26.5. The van der Waals surface area contributed by atoms with Crippen LogP contribution in [-0.2, 0) is 0 Å². The SMILES string of the molecule is CC(=NNC(=O)c1cccc2ccccc12)c1ccc(C(C)=NNC(=O)c2cccc3ccccc23)cc1. The van der Waals surface area contributed by atoms with Crippen molar-refractivity contribution in [2.45, 2.75) is 13.8 Å². The molecule has 0 aliphatic carbocycles. The van der Waals surface area contributed by atoms with Gasteiger partial charge in [0.2, 0.25) is 0 Å². The van der Waals surface area contributed by atoms with Gasteiger partial charge in [-0.3, -0.25) is 9.59 Å². The summed E-state index contributed by atoms with van der Waals surface area (Å²) in [4.78, 5) is 25.5. The van der Waals surface area contributed by atoms with Crippen molar-refractivity contribution in [3.8, 4) is 0 Å². The molecule has 5 aromatic carbocycles. The number of hydrazone groups is 2. The number of rotatable bonds is 6. The number of nitrogens with zero attached hydrogens (tertiary/aromatic N) is 2. The highest BCUT2D eigenvalue weighted by Gasteiger charge is 2.11. The molecule has 0 atom stereocenters. The monoisotopic (exact) mass is 498 g/mol. The minimum Gasteiger partial charge on any atom is -0.267 e. The largest absolute Gasteiger partial charge is 0.272 e. The maximum absolute atomic E-state index is 12.8. The standard InChI is InChI=1S/C32H26N4O2/c1-21(33-35-31(37)29-15-7-11-25-9-3-5-13-27(25)29)23-17-19-24(20-18-23)22(2)34-36-32(38)30-16-8-12-26-10-4-6-14-28(26)30/h3-20H,1-2H3,(H,35,37)(H,36,38). The van der Waals surface area contributed by atoms with Crippen LogP contribution < -0.4 is 10.9 Å². The van der Waals surface area contributed by atoms with Crippen molar-refractivity contribution in [3.63, 3.8) is 0 Å². The maximum atomic E-state index is 12.8. The van der Waals surface area contributed by atoms with E-state index in [-0.39, 0.29) is 11.8 Å². The van der Waals surface area contributed by atoms with E-state index in [2.05, 4.69) is 21.1 Å². The first kappa shape index (κ1) is 24.6. The minimum atomic E-state index is -0.261. The molecule has 186 valence electrons. The lowest BCUT2D eigenvalue weighted by Gasteiger charge is -2.08. The van der Waals surface area contributed by atoms with Gasteiger partial charge in [-0.15, -0.1) is 0 Å². The van der Waals surface area contributed by atoms with E-state index in [9.17, 15) is 9.59 Å². The van der Waals surface area contributed by atoms with Gasteiger partial charge in [0.15, 0.2) is 0 Å². The number of carbonyl (C=O) groups excluding carboxylic acids is 2. The van der Waals surface area contributed by atoms with Crippen LogP contribution in [0.2, 0.25) is 0 Å². The molecule has 38 heavy (non-hydrogen) atoms. The number of amides is 2. The lowest BCUT2D eigenvalue weighted by Crippen LogP contribution is -2.20. The van der Waals surface area contributed by atoms with Gasteiger partial charge in [0.25, 0.3) is 11.8 Å². The second-order valence-electron chi connectivity index (χ2n) is 8.91. The highest BCUT2D eigenvalue weighted by molar-refractivity contribution is 6.09. The molecule has 2 amide bonds. The first-order valence-electron chi connectivity index (χ1n) is 12.3. The average Bonchev–Trinajstić information content (AvgIpc) is 2.97. The molecule has 0 radical (unpaired) electrons. The first-order valence-corrected chi connectivity index (χ1v) is 12.3. The van der Waals surface area contributed by atoms with Crippen LogP contribution in [-0.4, -0.2) is 23.2 Å². The van der Waals surface area contributed by atoms with Crippen LogP contribution in [0.5, 0.6) is 0 Å². The summed E-state index contributed by atoms with van der Waals surface area (Å²) in [5, 5.41) is 12.4. The molecule has 0 aliphatic heterocycles. The Morgan fingerprint density at radius 1 is 0.500 bits per heavy atom. The molecule has 0 heterocycles. The molecule has 0 saturated carbocycles. The molecule has 6 nitrogen and oxygen atoms in total. The van der Waals surface area contributed by atoms with Gasteiger partial charge >= 0.3 is 0 Å². The molecule has 0 aromatic heterocycles. The third-order valence-corrected chi connectivity index (χ3v) is 6.44. The normalized spacial score (nSPS) is 11.9. The predicted octanol–water partition coefficient (Wildman–Crippen LogP) is 6.30. The molecular weight excluding hydrogens is 472 g/mol. The van der Waals surface area contributed by atoms with E-state index >= 15 is 0 Å². The van der Waals surface area contributed by atoms with Crippen LogP contribution in [0.15, 0.2) is 119 Å². The van der Waals surface area contributed by atoms with Crippen molar-refractivity contribution in [1.82, 2.24) is 10.9 Å². The summed E-state index contributed by atoms with van der Waals surface area (Å²) < 4.78 is 0. The molecule has 5 rings (SSSR count). The summed E-state index contributed by atoms with van der Waals surface area (Å²) >= 11 is 0. The smallest absolute Gasteiger partial charge is 0.267 e. The number of carbonyl (C=O) groups is 2. The summed E-state index contributed by atoms with van der Waals surface area (Å²) in [6.07, 6.45) is 0. The topological polar surface area (TPSA) is 82.9 Å². The van der Waals surface area contributed by atoms with E-state index in [0.29, 0.717) is 22.6 Å². The Morgan fingerprint density at radius 3 is 1.29 bits per heavy atom. The van der Waals surface area contributed by atoms with Crippen LogP contribution in [0.1, 0.15) is 45.7 Å². The Balaban J connectivity index is 1.25. The number of hydrogen-bond acceptors (Lipinski definition) is 4. The fraction of sp³-hybridized carbons (Fsp3) is 0.0625. The lowest BCUT2D eigenvalue weighted by molar-refractivity contribution is 0.0948. The second-order valence-corrected chi connectivity index (χ2v) is 8.91. The second kappa shape index (κ2) is 10.9. The van der Waals surface area contributed by atoms with Gasteiger partial charge in [-0.25, -0.2) is 10.9 Å². The first-order chi connectivity index (χ1) is 18.5. The Morgan fingerprint density at radius 2 is 0.868 bits per heavy atom. The Labute approximate surface area is 220 Å². The van der Waals surface area contributed by atoms with Gasteiger partial charge in [-0.1, -0.05) is 97.1 Å². The molecule has 5 aromatic rings. The summed E-state index contributed by atoms with van der Waals surface area (Å²) in [5.74, 6) is -0.523. The van der Waals surface area contributed by atoms with Gasteiger partial charge in [-0.05, 0) is 58.7 Å². The molecule has 0 fully saturated rings. The number of hydrogen-bond donors (Lipinski definition) is 2. The lowest BCUT2D eigenvalue weighted by atomic mass is 10.0. The summed E-state index contributed by atoms with van der Waals surface area (Å²) in [6, 6.07) is 34.4. The van der Waals surface area contributed by atoms with Gasteiger partial charge in [-0.2, -0.15) is 10.2 Å². The maximum Gasteiger partial charge on any atom is 0.272 e. The fourth-order valence-electron chi connectivity index (χ4n) is 4.32. The van der Waals surface area contributed by atoms with Crippen LogP contribution in [0.3, 0.4) is 0 Å². The van der Waals surface area contributed by atoms with E-state index in [1.165, 1.54) is 0 Å². The molecular formula is C32H26N4O2. The highest BCUT2D eigenvalue weighted by atomic mass is 16.2. The Kier molecular flexibility index (Phi) is 7.04. The number of benzene rings is 5. The minimum absolute atomic E-state index is 0.261. The van der Waals surface area contributed by atoms with Crippen LogP contribution in [0.25, 0.3) is 21.5 Å². The van der Waals surface area contributed by atoms with E-state index < -0.39 is 0 Å². The molecule has 0 saturated heterocycles. The predicted molar refractivity (Wildman–Crippen MR) is 154 cm³/mol. The van der Waals surface area contributed by atoms with E-state index in [1.54, 1.807) is 12.1 Å². The third kappa shape index (κ3) is 5.20. The van der Waals surface area contributed by atoms with Crippen molar-refractivity contribution in [2.75, 3.05) is 0 Å². The zero-order valence-corrected chi connectivity index (χ0v) is 21.1. The summed E-state index contributed by atoms with van der Waals surface area (Å²) in [6.45, 7) is 3.67. The van der Waals surface area contributed by atoms with E-state index in [1.807, 2.05) is 111 Å². The van der Waals surface area contributed by atoms with Crippen molar-refractivity contribution >= 4 is 44.8 Å². The molecule has 0 aliphatic rings. The number of nitrogens with one attached hydrogen (secondary N) is 2. The Hall–Kier alpha value is -5.10. The Bertz CT molecular complexity index is 1580. The van der Waals surface area contributed by atoms with Gasteiger partial charge < -0.3 is 0 Å². The van der Waals surface area contributed by atoms with Crippen molar-refractivity contribution in [2.24, 2.45) is 10.2 Å². The zero-order valence-electron chi connectivity index (χ0n) is 21.1. The average molecular weight is 499 g/mol. The van der Waals surface area contributed by atoms with Crippen LogP contribution >= 0.6 is 0 Å². The summed E-state index contributed by atoms with van der Waals surface area (Å²) in [5.41, 5.74) is 9.55. The molecule has 0 spiro atoms. The van der Waals surface area contributed by atoms with E-state index in [4.69, 9.17) is 0 Å². The van der Waals surface area contributed by atoms with Gasteiger partial charge in [0.05, 0.1) is 11.4 Å². The molecule has 0 bridgehead atoms. The quantitative estimate of drug-likeness (QED) is 0.213. The van der Waals surface area contributed by atoms with Crippen LogP contribution in [0.4, 0.5) is 0 Å². The third-order valence-electron chi connectivity index (χ3n) is 6.44. The van der Waals surface area contributed by atoms with E-state index in [0.717, 1.165) is 32.7 Å². The molecule has 6 heteroatoms. The fourth-order valence-corrected chi connectivity index (χ4v) is 4.32. The van der Waals surface area contributed by atoms with Gasteiger partial charge in [0, 0.05) is 11.1 Å². The van der Waals surface area contributed by atoms with Crippen molar-refractivity contribution < 1.29 is 9.59 Å². The summed E-state index contributed by atoms with van der Waals surface area (Å²) in [7, 11) is 0. The molecule has 2 N–H and O–H groups in total.